The number of piperazine rings is 1. The summed E-state index contributed by atoms with van der Waals surface area (Å²) in [4.78, 5) is 17.7. The van der Waals surface area contributed by atoms with E-state index in [1.165, 1.54) is 34.5 Å². The van der Waals surface area contributed by atoms with Crippen molar-refractivity contribution in [3.63, 3.8) is 0 Å². The van der Waals surface area contributed by atoms with Gasteiger partial charge in [-0.25, -0.2) is 9.97 Å². The Morgan fingerprint density at radius 1 is 1.14 bits per heavy atom. The van der Waals surface area contributed by atoms with Crippen LogP contribution in [0.25, 0.3) is 10.2 Å². The number of hydrogen-bond acceptors (Lipinski definition) is 7. The van der Waals surface area contributed by atoms with Crippen LogP contribution in [0.4, 0.5) is 5.82 Å². The molecule has 0 aliphatic carbocycles. The predicted octanol–water partition coefficient (Wildman–Crippen LogP) is 4.97. The second-order valence-corrected chi connectivity index (χ2v) is 10.6. The normalized spacial score (nSPS) is 23.0. The van der Waals surface area contributed by atoms with E-state index in [0.717, 1.165) is 61.3 Å². The van der Waals surface area contributed by atoms with Crippen molar-refractivity contribution in [3.8, 4) is 0 Å². The Labute approximate surface area is 183 Å². The fraction of sp³-hybridized carbons (Fsp3) is 0.727. The van der Waals surface area contributed by atoms with E-state index >= 15 is 0 Å². The average Bonchev–Trinajstić information content (AvgIpc) is 3.11. The molecular formula is C22H34N4OS2. The molecule has 4 rings (SSSR count). The van der Waals surface area contributed by atoms with Crippen LogP contribution in [0.1, 0.15) is 57.4 Å². The van der Waals surface area contributed by atoms with Crippen molar-refractivity contribution in [2.75, 3.05) is 43.4 Å². The summed E-state index contributed by atoms with van der Waals surface area (Å²) >= 11 is 3.63. The number of nitrogens with zero attached hydrogens (tertiary/aromatic N) is 4. The molecule has 2 aliphatic rings. The van der Waals surface area contributed by atoms with E-state index in [1.807, 2.05) is 23.1 Å². The van der Waals surface area contributed by atoms with E-state index in [2.05, 4.69) is 37.5 Å². The summed E-state index contributed by atoms with van der Waals surface area (Å²) in [5, 5.41) is 2.24. The zero-order chi connectivity index (χ0) is 20.4. The smallest absolute Gasteiger partial charge is 0.190 e. The van der Waals surface area contributed by atoms with Gasteiger partial charge in [0.25, 0.3) is 0 Å². The van der Waals surface area contributed by atoms with Gasteiger partial charge >= 0.3 is 0 Å². The van der Waals surface area contributed by atoms with Crippen LogP contribution in [-0.2, 0) is 17.8 Å². The number of rotatable bonds is 7. The minimum absolute atomic E-state index is 0.0757. The monoisotopic (exact) mass is 434 g/mol. The van der Waals surface area contributed by atoms with Crippen molar-refractivity contribution in [1.29, 1.82) is 0 Å². The van der Waals surface area contributed by atoms with E-state index in [9.17, 15) is 0 Å². The molecule has 1 saturated heterocycles. The van der Waals surface area contributed by atoms with Crippen molar-refractivity contribution in [2.45, 2.75) is 70.7 Å². The number of thiophene rings is 1. The lowest BCUT2D eigenvalue weighted by Crippen LogP contribution is -2.46. The van der Waals surface area contributed by atoms with Gasteiger partial charge in [-0.05, 0) is 31.9 Å². The molecule has 7 heteroatoms. The summed E-state index contributed by atoms with van der Waals surface area (Å²) < 4.78 is 6.23. The van der Waals surface area contributed by atoms with Gasteiger partial charge in [0, 0.05) is 43.2 Å². The molecule has 0 aromatic carbocycles. The first-order valence-electron chi connectivity index (χ1n) is 11.1. The van der Waals surface area contributed by atoms with Crippen LogP contribution in [0, 0.1) is 0 Å². The number of anilines is 1. The Kier molecular flexibility index (Phi) is 6.69. The molecule has 4 heterocycles. The Bertz CT molecular complexity index is 847. The summed E-state index contributed by atoms with van der Waals surface area (Å²) in [5.74, 6) is 2.26. The van der Waals surface area contributed by atoms with Gasteiger partial charge in [0.1, 0.15) is 10.6 Å². The highest BCUT2D eigenvalue weighted by atomic mass is 32.2. The second-order valence-electron chi connectivity index (χ2n) is 8.41. The molecule has 0 bridgehead atoms. The molecule has 0 spiro atoms. The Morgan fingerprint density at radius 3 is 2.62 bits per heavy atom. The van der Waals surface area contributed by atoms with Crippen molar-refractivity contribution in [3.05, 3.63) is 10.4 Å². The van der Waals surface area contributed by atoms with Crippen LogP contribution >= 0.6 is 23.1 Å². The van der Waals surface area contributed by atoms with E-state index < -0.39 is 0 Å². The molecule has 1 atom stereocenters. The molecule has 160 valence electrons. The lowest BCUT2D eigenvalue weighted by molar-refractivity contribution is -0.0543. The van der Waals surface area contributed by atoms with Crippen LogP contribution < -0.4 is 4.90 Å². The Morgan fingerprint density at radius 2 is 1.93 bits per heavy atom. The fourth-order valence-electron chi connectivity index (χ4n) is 4.14. The average molecular weight is 435 g/mol. The molecule has 0 N–H and O–H groups in total. The second kappa shape index (κ2) is 9.08. The Balaban J connectivity index is 1.74. The minimum atomic E-state index is -0.0757. The van der Waals surface area contributed by atoms with Crippen LogP contribution in [0.3, 0.4) is 0 Å². The fourth-order valence-corrected chi connectivity index (χ4v) is 6.22. The third-order valence-corrected chi connectivity index (χ3v) is 8.43. The van der Waals surface area contributed by atoms with E-state index in [4.69, 9.17) is 14.7 Å². The van der Waals surface area contributed by atoms with Gasteiger partial charge in [0.05, 0.1) is 17.6 Å². The van der Waals surface area contributed by atoms with Gasteiger partial charge in [0.15, 0.2) is 5.16 Å². The topological polar surface area (TPSA) is 41.5 Å². The highest BCUT2D eigenvalue weighted by Gasteiger charge is 2.34. The lowest BCUT2D eigenvalue weighted by atomic mass is 9.90. The van der Waals surface area contributed by atoms with Crippen molar-refractivity contribution in [1.82, 2.24) is 14.9 Å². The first-order chi connectivity index (χ1) is 14.1. The predicted molar refractivity (Wildman–Crippen MR) is 125 cm³/mol. The van der Waals surface area contributed by atoms with Gasteiger partial charge in [-0.2, -0.15) is 0 Å². The maximum Gasteiger partial charge on any atom is 0.190 e. The maximum absolute atomic E-state index is 6.23. The van der Waals surface area contributed by atoms with Gasteiger partial charge in [-0.3, -0.25) is 0 Å². The number of ether oxygens (including phenoxy) is 1. The molecule has 2 aromatic rings. The van der Waals surface area contributed by atoms with E-state index in [0.29, 0.717) is 6.61 Å². The van der Waals surface area contributed by atoms with Gasteiger partial charge in [0.2, 0.25) is 0 Å². The van der Waals surface area contributed by atoms with Crippen molar-refractivity contribution in [2.24, 2.45) is 0 Å². The number of thioether (sulfide) groups is 1. The minimum Gasteiger partial charge on any atom is -0.369 e. The van der Waals surface area contributed by atoms with Gasteiger partial charge in [-0.15, -0.1) is 11.3 Å². The third kappa shape index (κ3) is 4.43. The zero-order valence-electron chi connectivity index (χ0n) is 18.3. The van der Waals surface area contributed by atoms with Crippen molar-refractivity contribution < 1.29 is 4.74 Å². The summed E-state index contributed by atoms with van der Waals surface area (Å²) in [6.07, 6.45) is 4.41. The first-order valence-corrected chi connectivity index (χ1v) is 12.9. The Hall–Kier alpha value is -0.890. The number of aromatic nitrogens is 2. The standard InChI is InChI=1S/C22H34N4OS2/c1-5-8-13-28-21-23-19(26-11-9-25(7-3)10-12-26)18-16-14-22(4,6-2)27-15-17(16)29-20(18)24-21/h5-15H2,1-4H3. The number of likely N-dealkylation sites (N-methyl/N-ethyl adjacent to an activating group) is 1. The molecule has 0 amide bonds. The highest BCUT2D eigenvalue weighted by Crippen LogP contribution is 2.43. The van der Waals surface area contributed by atoms with Gasteiger partial charge < -0.3 is 14.5 Å². The van der Waals surface area contributed by atoms with Crippen LogP contribution in [-0.4, -0.2) is 58.9 Å². The van der Waals surface area contributed by atoms with Crippen LogP contribution in [0.5, 0.6) is 0 Å². The molecule has 0 radical (unpaired) electrons. The van der Waals surface area contributed by atoms with E-state index in [-0.39, 0.29) is 5.60 Å². The molecule has 1 unspecified atom stereocenters. The molecule has 0 saturated carbocycles. The molecular weight excluding hydrogens is 400 g/mol. The molecule has 1 fully saturated rings. The molecule has 29 heavy (non-hydrogen) atoms. The zero-order valence-corrected chi connectivity index (χ0v) is 19.9. The quantitative estimate of drug-likeness (QED) is 0.348. The van der Waals surface area contributed by atoms with Crippen LogP contribution in [0.2, 0.25) is 0 Å². The molecule has 2 aliphatic heterocycles. The number of fused-ring (bicyclic) bond motifs is 3. The van der Waals surface area contributed by atoms with E-state index in [1.54, 1.807) is 0 Å². The SMILES string of the molecule is CCCCSc1nc(N2CCN(CC)CC2)c2c3c(sc2n1)COC(C)(CC)C3. The van der Waals surface area contributed by atoms with Crippen molar-refractivity contribution >= 4 is 39.1 Å². The number of unbranched alkanes of at least 4 members (excludes halogenated alkanes) is 1. The summed E-state index contributed by atoms with van der Waals surface area (Å²) in [5.41, 5.74) is 1.37. The summed E-state index contributed by atoms with van der Waals surface area (Å²) in [6.45, 7) is 15.1. The highest BCUT2D eigenvalue weighted by molar-refractivity contribution is 7.99. The summed E-state index contributed by atoms with van der Waals surface area (Å²) in [7, 11) is 0. The molecule has 2 aromatic heterocycles. The third-order valence-electron chi connectivity index (χ3n) is 6.39. The van der Waals surface area contributed by atoms with Crippen LogP contribution in [0.15, 0.2) is 5.16 Å². The first kappa shape index (κ1) is 21.3. The van der Waals surface area contributed by atoms with Gasteiger partial charge in [-0.1, -0.05) is 39.0 Å². The molecule has 5 nitrogen and oxygen atoms in total. The number of hydrogen-bond donors (Lipinski definition) is 0. The largest absolute Gasteiger partial charge is 0.369 e. The lowest BCUT2D eigenvalue weighted by Gasteiger charge is -2.36. The maximum atomic E-state index is 6.23. The summed E-state index contributed by atoms with van der Waals surface area (Å²) in [6, 6.07) is 0.